The predicted octanol–water partition coefficient (Wildman–Crippen LogP) is 6.19. The van der Waals surface area contributed by atoms with Gasteiger partial charge in [0.15, 0.2) is 0 Å². The second kappa shape index (κ2) is 13.0. The van der Waals surface area contributed by atoms with Crippen molar-refractivity contribution in [1.82, 2.24) is 20.0 Å². The molecule has 4 rings (SSSR count). The molecule has 214 valence electrons. The first-order valence-corrected chi connectivity index (χ1v) is 17.4. The van der Waals surface area contributed by atoms with E-state index >= 15 is 0 Å². The van der Waals surface area contributed by atoms with Crippen LogP contribution >= 0.6 is 11.6 Å². The number of halogens is 3. The van der Waals surface area contributed by atoms with E-state index in [-0.39, 0.29) is 19.1 Å². The second-order valence-electron chi connectivity index (χ2n) is 10.9. The lowest BCUT2D eigenvalue weighted by atomic mass is 9.98. The highest BCUT2D eigenvalue weighted by Gasteiger charge is 2.37. The summed E-state index contributed by atoms with van der Waals surface area (Å²) in [7, 11) is -1.31. The Bertz CT molecular complexity index is 1340. The van der Waals surface area contributed by atoms with Crippen molar-refractivity contribution in [3.8, 4) is 11.3 Å². The number of ether oxygens (including phenoxy) is 2. The van der Waals surface area contributed by atoms with Gasteiger partial charge in [0.1, 0.15) is 34.9 Å². The van der Waals surface area contributed by atoms with Gasteiger partial charge in [-0.25, -0.2) is 13.5 Å². The highest BCUT2D eigenvalue weighted by atomic mass is 35.5. The molecule has 1 fully saturated rings. The zero-order chi connectivity index (χ0) is 28.9. The van der Waals surface area contributed by atoms with Gasteiger partial charge in [0.25, 0.3) is 0 Å². The third-order valence-electron chi connectivity index (χ3n) is 6.62. The van der Waals surface area contributed by atoms with Gasteiger partial charge in [-0.05, 0) is 55.6 Å². The topological polar surface area (TPSA) is 82.4 Å². The van der Waals surface area contributed by atoms with Gasteiger partial charge in [-0.3, -0.25) is 9.69 Å². The van der Waals surface area contributed by atoms with Crippen LogP contribution in [0.25, 0.3) is 17.3 Å². The van der Waals surface area contributed by atoms with Gasteiger partial charge in [-0.1, -0.05) is 31.2 Å². The summed E-state index contributed by atoms with van der Waals surface area (Å²) in [6.45, 7) is 10.3. The summed E-state index contributed by atoms with van der Waals surface area (Å²) >= 11 is 5.65. The van der Waals surface area contributed by atoms with Crippen molar-refractivity contribution in [3.63, 3.8) is 0 Å². The highest BCUT2D eigenvalue weighted by molar-refractivity contribution is 6.76. The fourth-order valence-electron chi connectivity index (χ4n) is 4.53. The SMILES string of the molecule is CCO/C=C/c1c(-c2ccnnc2)nn(COCC[Si](C)(C)C)c1N1CCC(Cc2cc(F)c(Cl)c(F)c2)C1=O. The molecule has 1 aliphatic rings. The van der Waals surface area contributed by atoms with Gasteiger partial charge in [-0.15, -0.1) is 0 Å². The number of benzene rings is 1. The van der Waals surface area contributed by atoms with Crippen molar-refractivity contribution in [2.24, 2.45) is 5.92 Å². The van der Waals surface area contributed by atoms with Crippen LogP contribution in [0.1, 0.15) is 24.5 Å². The molecule has 1 saturated heterocycles. The number of anilines is 1. The number of amides is 1. The first-order chi connectivity index (χ1) is 19.1. The number of aromatic nitrogens is 4. The van der Waals surface area contributed by atoms with E-state index in [1.54, 1.807) is 40.4 Å². The summed E-state index contributed by atoms with van der Waals surface area (Å²) in [6, 6.07) is 5.15. The Labute approximate surface area is 239 Å². The molecule has 1 aromatic carbocycles. The standard InChI is InChI=1S/C28H34ClF2N5O3Si/c1-5-38-11-8-22-26(21-6-9-32-33-17-21)34-36(18-39-12-13-40(2,3)4)27(22)35-10-7-20(28(35)37)14-19-15-23(30)25(29)24(31)16-19/h6,8-9,11,15-17,20H,5,7,10,12-14,18H2,1-4H3/b11-8+. The van der Waals surface area contributed by atoms with Crippen LogP contribution < -0.4 is 4.90 Å². The monoisotopic (exact) mass is 589 g/mol. The molecule has 0 radical (unpaired) electrons. The van der Waals surface area contributed by atoms with Crippen LogP contribution in [0.5, 0.6) is 0 Å². The van der Waals surface area contributed by atoms with Crippen molar-refractivity contribution >= 4 is 37.5 Å². The molecule has 3 aromatic rings. The molecule has 1 amide bonds. The third kappa shape index (κ3) is 7.13. The third-order valence-corrected chi connectivity index (χ3v) is 8.69. The second-order valence-corrected chi connectivity index (χ2v) is 16.9. The Hall–Kier alpha value is -3.15. The van der Waals surface area contributed by atoms with E-state index < -0.39 is 30.6 Å². The highest BCUT2D eigenvalue weighted by Crippen LogP contribution is 2.37. The first-order valence-electron chi connectivity index (χ1n) is 13.3. The fraction of sp³-hybridized carbons (Fsp3) is 0.429. The van der Waals surface area contributed by atoms with E-state index in [9.17, 15) is 13.6 Å². The van der Waals surface area contributed by atoms with Crippen molar-refractivity contribution < 1.29 is 23.0 Å². The maximum atomic E-state index is 14.1. The quantitative estimate of drug-likeness (QED) is 0.108. The van der Waals surface area contributed by atoms with Crippen LogP contribution in [0.2, 0.25) is 30.7 Å². The summed E-state index contributed by atoms with van der Waals surface area (Å²) in [4.78, 5) is 15.4. The molecule has 1 unspecified atom stereocenters. The van der Waals surface area contributed by atoms with Gasteiger partial charge in [0.05, 0.1) is 25.3 Å². The lowest BCUT2D eigenvalue weighted by Crippen LogP contribution is -2.31. The van der Waals surface area contributed by atoms with Crippen LogP contribution in [0, 0.1) is 17.6 Å². The molecule has 1 aliphatic heterocycles. The van der Waals surface area contributed by atoms with Crippen molar-refractivity contribution in [2.45, 2.75) is 52.2 Å². The number of hydrogen-bond donors (Lipinski definition) is 0. The number of rotatable bonds is 12. The lowest BCUT2D eigenvalue weighted by molar-refractivity contribution is -0.120. The minimum atomic E-state index is -1.31. The number of nitrogens with zero attached hydrogens (tertiary/aromatic N) is 5. The van der Waals surface area contributed by atoms with Crippen molar-refractivity contribution in [2.75, 3.05) is 24.7 Å². The molecule has 3 heterocycles. The van der Waals surface area contributed by atoms with Gasteiger partial charge < -0.3 is 9.47 Å². The van der Waals surface area contributed by atoms with Crippen LogP contribution in [0.3, 0.4) is 0 Å². The van der Waals surface area contributed by atoms with E-state index in [2.05, 4.69) is 29.8 Å². The summed E-state index contributed by atoms with van der Waals surface area (Å²) in [5.74, 6) is -1.75. The number of hydrogen-bond acceptors (Lipinski definition) is 6. The van der Waals surface area contributed by atoms with Crippen LogP contribution in [0.15, 0.2) is 36.9 Å². The number of carbonyl (C=O) groups is 1. The molecule has 0 N–H and O–H groups in total. The maximum Gasteiger partial charge on any atom is 0.231 e. The molecule has 0 aliphatic carbocycles. The fourth-order valence-corrected chi connectivity index (χ4v) is 5.40. The molecule has 0 spiro atoms. The predicted molar refractivity (Wildman–Crippen MR) is 154 cm³/mol. The van der Waals surface area contributed by atoms with Crippen LogP contribution in [-0.4, -0.2) is 53.7 Å². The lowest BCUT2D eigenvalue weighted by Gasteiger charge is -2.20. The van der Waals surface area contributed by atoms with E-state index in [0.29, 0.717) is 48.8 Å². The van der Waals surface area contributed by atoms with Crippen LogP contribution in [-0.2, 0) is 27.4 Å². The largest absolute Gasteiger partial charge is 0.501 e. The molecule has 1 atom stereocenters. The van der Waals surface area contributed by atoms with Gasteiger partial charge >= 0.3 is 0 Å². The summed E-state index contributed by atoms with van der Waals surface area (Å²) < 4.78 is 41.4. The average molecular weight is 590 g/mol. The number of carbonyl (C=O) groups excluding carboxylic acids is 1. The average Bonchev–Trinajstić information content (AvgIpc) is 3.44. The molecule has 40 heavy (non-hydrogen) atoms. The Morgan fingerprint density at radius 3 is 2.60 bits per heavy atom. The zero-order valence-electron chi connectivity index (χ0n) is 23.2. The van der Waals surface area contributed by atoms with Crippen molar-refractivity contribution in [3.05, 3.63) is 64.6 Å². The summed E-state index contributed by atoms with van der Waals surface area (Å²) in [5.41, 5.74) is 2.38. The minimum Gasteiger partial charge on any atom is -0.501 e. The minimum absolute atomic E-state index is 0.149. The van der Waals surface area contributed by atoms with E-state index in [4.69, 9.17) is 26.2 Å². The summed E-state index contributed by atoms with van der Waals surface area (Å²) in [5, 5.41) is 12.2. The molecule has 2 aromatic heterocycles. The Balaban J connectivity index is 1.69. The Morgan fingerprint density at radius 1 is 1.20 bits per heavy atom. The molecular weight excluding hydrogens is 556 g/mol. The summed E-state index contributed by atoms with van der Waals surface area (Å²) in [6.07, 6.45) is 7.24. The Kier molecular flexibility index (Phi) is 9.70. The molecular formula is C28H34ClF2N5O3Si. The first kappa shape index (κ1) is 29.8. The molecule has 8 nitrogen and oxygen atoms in total. The normalized spacial score (nSPS) is 15.9. The van der Waals surface area contributed by atoms with Gasteiger partial charge in [0.2, 0.25) is 5.91 Å². The Morgan fingerprint density at radius 2 is 1.95 bits per heavy atom. The molecule has 0 bridgehead atoms. The van der Waals surface area contributed by atoms with E-state index in [1.807, 2.05) is 6.92 Å². The van der Waals surface area contributed by atoms with Crippen LogP contribution in [0.4, 0.5) is 14.6 Å². The smallest absolute Gasteiger partial charge is 0.231 e. The van der Waals surface area contributed by atoms with E-state index in [1.165, 1.54) is 12.1 Å². The maximum absolute atomic E-state index is 14.1. The van der Waals surface area contributed by atoms with Crippen molar-refractivity contribution in [1.29, 1.82) is 0 Å². The zero-order valence-corrected chi connectivity index (χ0v) is 24.9. The molecule has 0 saturated carbocycles. The molecule has 12 heteroatoms. The van der Waals surface area contributed by atoms with Gasteiger partial charge in [-0.2, -0.15) is 15.3 Å². The van der Waals surface area contributed by atoms with Gasteiger partial charge in [0, 0.05) is 38.3 Å². The van der Waals surface area contributed by atoms with E-state index in [0.717, 1.165) is 11.6 Å².